The summed E-state index contributed by atoms with van der Waals surface area (Å²) < 4.78 is 2.03. The van der Waals surface area contributed by atoms with Crippen LogP contribution in [0, 0.1) is 13.8 Å². The van der Waals surface area contributed by atoms with Gasteiger partial charge in [-0.2, -0.15) is 0 Å². The number of hydrogen-bond acceptors (Lipinski definition) is 4. The highest BCUT2D eigenvalue weighted by Crippen LogP contribution is 2.19. The zero-order valence-electron chi connectivity index (χ0n) is 15.4. The second kappa shape index (κ2) is 7.54. The highest BCUT2D eigenvalue weighted by atomic mass is 16.3. The van der Waals surface area contributed by atoms with Crippen LogP contribution < -0.4 is 0 Å². The Balaban J connectivity index is 1.62. The van der Waals surface area contributed by atoms with Crippen molar-refractivity contribution in [3.8, 4) is 0 Å². The summed E-state index contributed by atoms with van der Waals surface area (Å²) >= 11 is 0. The summed E-state index contributed by atoms with van der Waals surface area (Å²) in [4.78, 5) is 20.1. The van der Waals surface area contributed by atoms with Crippen molar-refractivity contribution in [1.82, 2.24) is 19.4 Å². The molecule has 0 radical (unpaired) electrons. The molecule has 1 aliphatic heterocycles. The number of imidazole rings is 1. The van der Waals surface area contributed by atoms with Gasteiger partial charge in [0, 0.05) is 33.1 Å². The minimum Gasteiger partial charge on any atom is -0.390 e. The van der Waals surface area contributed by atoms with E-state index in [1.165, 1.54) is 11.1 Å². The molecule has 25 heavy (non-hydrogen) atoms. The average molecular weight is 344 g/mol. The molecule has 1 N–H and O–H groups in total. The SMILES string of the molecule is CC(=O)N1CCCN(C[C@@H](O)Cn2cnc3cc(C)c(C)cc32)CC1. The molecular formula is C19H28N4O2. The summed E-state index contributed by atoms with van der Waals surface area (Å²) in [6, 6.07) is 4.24. The number of aryl methyl sites for hydroxylation is 2. The second-order valence-electron chi connectivity index (χ2n) is 7.14. The first kappa shape index (κ1) is 17.9. The van der Waals surface area contributed by atoms with Crippen molar-refractivity contribution in [3.05, 3.63) is 29.6 Å². The van der Waals surface area contributed by atoms with Gasteiger partial charge in [0.25, 0.3) is 0 Å². The van der Waals surface area contributed by atoms with E-state index in [0.29, 0.717) is 13.1 Å². The Morgan fingerprint density at radius 1 is 1.16 bits per heavy atom. The lowest BCUT2D eigenvalue weighted by Gasteiger charge is -2.24. The van der Waals surface area contributed by atoms with Crippen molar-refractivity contribution in [2.24, 2.45) is 0 Å². The molecule has 0 saturated carbocycles. The Morgan fingerprint density at radius 3 is 2.68 bits per heavy atom. The van der Waals surface area contributed by atoms with Crippen LogP contribution in [0.25, 0.3) is 11.0 Å². The number of carbonyl (C=O) groups excluding carboxylic acids is 1. The van der Waals surface area contributed by atoms with Crippen molar-refractivity contribution in [2.45, 2.75) is 39.8 Å². The Morgan fingerprint density at radius 2 is 1.92 bits per heavy atom. The minimum atomic E-state index is -0.456. The molecule has 1 amide bonds. The summed E-state index contributed by atoms with van der Waals surface area (Å²) in [5.41, 5.74) is 4.52. The van der Waals surface area contributed by atoms with Crippen LogP contribution >= 0.6 is 0 Å². The van der Waals surface area contributed by atoms with Gasteiger partial charge in [-0.1, -0.05) is 0 Å². The molecule has 1 fully saturated rings. The molecular weight excluding hydrogens is 316 g/mol. The van der Waals surface area contributed by atoms with E-state index in [-0.39, 0.29) is 5.91 Å². The van der Waals surface area contributed by atoms with Gasteiger partial charge in [-0.05, 0) is 50.1 Å². The lowest BCUT2D eigenvalue weighted by Crippen LogP contribution is -2.38. The van der Waals surface area contributed by atoms with Gasteiger partial charge in [-0.25, -0.2) is 4.98 Å². The van der Waals surface area contributed by atoms with Crippen molar-refractivity contribution in [2.75, 3.05) is 32.7 Å². The lowest BCUT2D eigenvalue weighted by atomic mass is 10.1. The normalized spacial score (nSPS) is 17.7. The summed E-state index contributed by atoms with van der Waals surface area (Å²) in [7, 11) is 0. The first-order valence-electron chi connectivity index (χ1n) is 9.02. The highest BCUT2D eigenvalue weighted by Gasteiger charge is 2.19. The topological polar surface area (TPSA) is 61.6 Å². The first-order chi connectivity index (χ1) is 11.9. The fraction of sp³-hybridized carbons (Fsp3) is 0.579. The molecule has 0 spiro atoms. The maximum absolute atomic E-state index is 11.5. The van der Waals surface area contributed by atoms with E-state index in [2.05, 4.69) is 35.9 Å². The van der Waals surface area contributed by atoms with Gasteiger partial charge in [-0.15, -0.1) is 0 Å². The van der Waals surface area contributed by atoms with Crippen LogP contribution in [0.3, 0.4) is 0 Å². The maximum Gasteiger partial charge on any atom is 0.219 e. The molecule has 1 saturated heterocycles. The summed E-state index contributed by atoms with van der Waals surface area (Å²) in [6.45, 7) is 10.3. The molecule has 3 rings (SSSR count). The van der Waals surface area contributed by atoms with Crippen LogP contribution in [0.1, 0.15) is 24.5 Å². The zero-order valence-corrected chi connectivity index (χ0v) is 15.4. The van der Waals surface area contributed by atoms with Crippen molar-refractivity contribution in [1.29, 1.82) is 0 Å². The van der Waals surface area contributed by atoms with E-state index >= 15 is 0 Å². The first-order valence-corrected chi connectivity index (χ1v) is 9.02. The molecule has 1 aliphatic rings. The summed E-state index contributed by atoms with van der Waals surface area (Å²) in [6.07, 6.45) is 2.31. The Labute approximate surface area is 149 Å². The monoisotopic (exact) mass is 344 g/mol. The number of β-amino-alcohol motifs (C(OH)–C–C–N with tert-alkyl or cyclic N) is 1. The number of amides is 1. The predicted octanol–water partition coefficient (Wildman–Crippen LogP) is 1.57. The van der Waals surface area contributed by atoms with Gasteiger partial charge in [0.1, 0.15) is 0 Å². The molecule has 1 aromatic heterocycles. The third-order valence-electron chi connectivity index (χ3n) is 5.15. The smallest absolute Gasteiger partial charge is 0.219 e. The maximum atomic E-state index is 11.5. The van der Waals surface area contributed by atoms with Gasteiger partial charge in [0.15, 0.2) is 0 Å². The van der Waals surface area contributed by atoms with Crippen LogP contribution in [0.2, 0.25) is 0 Å². The van der Waals surface area contributed by atoms with E-state index in [4.69, 9.17) is 0 Å². The number of carbonyl (C=O) groups is 1. The van der Waals surface area contributed by atoms with Gasteiger partial charge < -0.3 is 14.6 Å². The predicted molar refractivity (Wildman–Crippen MR) is 98.5 cm³/mol. The Bertz CT molecular complexity index is 755. The van der Waals surface area contributed by atoms with Crippen LogP contribution in [0.4, 0.5) is 0 Å². The third-order valence-corrected chi connectivity index (χ3v) is 5.15. The largest absolute Gasteiger partial charge is 0.390 e. The molecule has 136 valence electrons. The van der Waals surface area contributed by atoms with Gasteiger partial charge >= 0.3 is 0 Å². The standard InChI is InChI=1S/C19H28N4O2/c1-14-9-18-19(10-15(14)2)23(13-20-18)12-17(25)11-21-5-4-6-22(8-7-21)16(3)24/h9-10,13,17,25H,4-8,11-12H2,1-3H3/t17-/m1/s1. The highest BCUT2D eigenvalue weighted by molar-refractivity contribution is 5.77. The van der Waals surface area contributed by atoms with E-state index in [1.807, 2.05) is 15.8 Å². The molecule has 0 bridgehead atoms. The number of aromatic nitrogens is 2. The molecule has 1 aromatic carbocycles. The third kappa shape index (κ3) is 4.19. The van der Waals surface area contributed by atoms with Gasteiger partial charge in [-0.3, -0.25) is 9.69 Å². The van der Waals surface area contributed by atoms with Gasteiger partial charge in [0.2, 0.25) is 5.91 Å². The van der Waals surface area contributed by atoms with Crippen LogP contribution in [-0.2, 0) is 11.3 Å². The molecule has 6 nitrogen and oxygen atoms in total. The Hall–Kier alpha value is -1.92. The number of aliphatic hydroxyl groups is 1. The number of rotatable bonds is 4. The minimum absolute atomic E-state index is 0.137. The number of aliphatic hydroxyl groups excluding tert-OH is 1. The quantitative estimate of drug-likeness (QED) is 0.915. The van der Waals surface area contributed by atoms with Crippen LogP contribution in [-0.4, -0.2) is 69.2 Å². The van der Waals surface area contributed by atoms with Crippen molar-refractivity contribution < 1.29 is 9.90 Å². The van der Waals surface area contributed by atoms with Crippen LogP contribution in [0.15, 0.2) is 18.5 Å². The fourth-order valence-electron chi connectivity index (χ4n) is 3.51. The molecule has 2 aromatic rings. The second-order valence-corrected chi connectivity index (χ2v) is 7.14. The molecule has 0 unspecified atom stereocenters. The van der Waals surface area contributed by atoms with E-state index in [1.54, 1.807) is 6.92 Å². The van der Waals surface area contributed by atoms with Crippen LogP contribution in [0.5, 0.6) is 0 Å². The fourth-order valence-corrected chi connectivity index (χ4v) is 3.51. The summed E-state index contributed by atoms with van der Waals surface area (Å²) in [5.74, 6) is 0.137. The lowest BCUT2D eigenvalue weighted by molar-refractivity contribution is -0.128. The number of fused-ring (bicyclic) bond motifs is 1. The van der Waals surface area contributed by atoms with Crippen molar-refractivity contribution >= 4 is 16.9 Å². The molecule has 6 heteroatoms. The number of benzene rings is 1. The summed E-state index contributed by atoms with van der Waals surface area (Å²) in [5, 5.41) is 10.6. The Kier molecular flexibility index (Phi) is 5.39. The molecule has 0 aliphatic carbocycles. The van der Waals surface area contributed by atoms with E-state index < -0.39 is 6.10 Å². The number of hydrogen-bond donors (Lipinski definition) is 1. The molecule has 2 heterocycles. The van der Waals surface area contributed by atoms with Crippen molar-refractivity contribution in [3.63, 3.8) is 0 Å². The van der Waals surface area contributed by atoms with Gasteiger partial charge in [0.05, 0.1) is 30.0 Å². The van der Waals surface area contributed by atoms with E-state index in [9.17, 15) is 9.90 Å². The number of nitrogens with zero attached hydrogens (tertiary/aromatic N) is 4. The average Bonchev–Trinajstić information content (AvgIpc) is 2.78. The van der Waals surface area contributed by atoms with E-state index in [0.717, 1.165) is 43.6 Å². The molecule has 1 atom stereocenters. The zero-order chi connectivity index (χ0) is 18.0.